The molecule has 112 valence electrons. The average molecular weight is 290 g/mol. The van der Waals surface area contributed by atoms with E-state index in [1.165, 1.54) is 25.7 Å². The first-order chi connectivity index (χ1) is 10.3. The van der Waals surface area contributed by atoms with E-state index in [9.17, 15) is 4.79 Å². The van der Waals surface area contributed by atoms with Gasteiger partial charge in [-0.15, -0.1) is 0 Å². The van der Waals surface area contributed by atoms with Gasteiger partial charge in [0.15, 0.2) is 0 Å². The third-order valence-corrected chi connectivity index (χ3v) is 3.98. The fourth-order valence-electron chi connectivity index (χ4n) is 2.75. The highest BCUT2D eigenvalue weighted by Gasteiger charge is 2.24. The summed E-state index contributed by atoms with van der Waals surface area (Å²) in [5.41, 5.74) is 1.08. The Bertz CT molecular complexity index is 639. The zero-order chi connectivity index (χ0) is 14.7. The van der Waals surface area contributed by atoms with Gasteiger partial charge >= 0.3 is 11.3 Å². The van der Waals surface area contributed by atoms with Crippen LogP contribution in [0.1, 0.15) is 31.4 Å². The van der Waals surface area contributed by atoms with Crippen molar-refractivity contribution in [1.29, 1.82) is 0 Å². The normalized spacial score (nSPS) is 15.5. The molecule has 0 unspecified atom stereocenters. The van der Waals surface area contributed by atoms with Gasteiger partial charge in [0.1, 0.15) is 5.75 Å². The quantitative estimate of drug-likeness (QED) is 0.814. The lowest BCUT2D eigenvalue weighted by atomic mass is 10.2. The molecule has 0 saturated heterocycles. The molecule has 0 amide bonds. The van der Waals surface area contributed by atoms with E-state index in [2.05, 4.69) is 10.6 Å². The number of benzene rings is 1. The Morgan fingerprint density at radius 3 is 2.71 bits per heavy atom. The van der Waals surface area contributed by atoms with E-state index in [-0.39, 0.29) is 5.63 Å². The van der Waals surface area contributed by atoms with Crippen molar-refractivity contribution >= 4 is 0 Å². The zero-order valence-electron chi connectivity index (χ0n) is 12.1. The van der Waals surface area contributed by atoms with Crippen LogP contribution < -0.4 is 20.4 Å². The molecular weight excluding hydrogens is 270 g/mol. The zero-order valence-corrected chi connectivity index (χ0v) is 12.1. The molecule has 0 bridgehead atoms. The van der Waals surface area contributed by atoms with E-state index in [4.69, 9.17) is 9.26 Å². The monoisotopic (exact) mass is 290 g/mol. The van der Waals surface area contributed by atoms with Crippen LogP contribution in [0.3, 0.4) is 0 Å². The molecule has 1 aliphatic rings. The molecular formula is C15H20N3O3+. The summed E-state index contributed by atoms with van der Waals surface area (Å²) in [5.74, 6) is 0.774. The predicted molar refractivity (Wildman–Crippen MR) is 76.5 cm³/mol. The molecule has 1 heterocycles. The molecule has 1 fully saturated rings. The summed E-state index contributed by atoms with van der Waals surface area (Å²) >= 11 is 0. The molecule has 1 aliphatic carbocycles. The molecule has 0 spiro atoms. The molecule has 1 saturated carbocycles. The maximum absolute atomic E-state index is 11.9. The van der Waals surface area contributed by atoms with E-state index >= 15 is 0 Å². The number of hydrogen-bond acceptors (Lipinski definition) is 4. The second kappa shape index (κ2) is 6.13. The molecule has 1 aromatic heterocycles. The predicted octanol–water partition coefficient (Wildman–Crippen LogP) is 1.29. The van der Waals surface area contributed by atoms with E-state index in [1.807, 2.05) is 24.3 Å². The number of rotatable bonds is 5. The molecule has 0 atom stereocenters. The summed E-state index contributed by atoms with van der Waals surface area (Å²) in [4.78, 5) is 11.9. The lowest BCUT2D eigenvalue weighted by Crippen LogP contribution is -2.42. The summed E-state index contributed by atoms with van der Waals surface area (Å²) in [6, 6.07) is 7.96. The fraction of sp³-hybridized carbons (Fsp3) is 0.467. The summed E-state index contributed by atoms with van der Waals surface area (Å²) in [6.45, 7) is 0.503. The largest absolute Gasteiger partial charge is 0.497 e. The number of nitrogens with zero attached hydrogens (tertiary/aromatic N) is 1. The maximum atomic E-state index is 11.9. The lowest BCUT2D eigenvalue weighted by molar-refractivity contribution is -0.677. The van der Waals surface area contributed by atoms with Crippen molar-refractivity contribution in [1.82, 2.24) is 10.6 Å². The number of nitrogens with one attached hydrogen (secondary N) is 2. The van der Waals surface area contributed by atoms with Gasteiger partial charge in [0.25, 0.3) is 0 Å². The molecule has 6 heteroatoms. The minimum Gasteiger partial charge on any atom is -0.497 e. The van der Waals surface area contributed by atoms with Gasteiger partial charge < -0.3 is 10.1 Å². The Kier molecular flexibility index (Phi) is 4.06. The standard InChI is InChI=1S/C15H19N3O3/c1-20-13-8-6-12(7-9-13)18-14(15(19)21-17-18)10-16-11-4-2-3-5-11/h6-9,11,16H,2-5,10H2,1H3/p+1. The Balaban J connectivity index is 1.79. The molecule has 2 aromatic rings. The highest BCUT2D eigenvalue weighted by molar-refractivity contribution is 5.31. The van der Waals surface area contributed by atoms with Crippen LogP contribution in [0.4, 0.5) is 0 Å². The van der Waals surface area contributed by atoms with Gasteiger partial charge in [-0.2, -0.15) is 0 Å². The third kappa shape index (κ3) is 3.00. The maximum Gasteiger partial charge on any atom is 0.431 e. The van der Waals surface area contributed by atoms with E-state index in [0.29, 0.717) is 18.3 Å². The van der Waals surface area contributed by atoms with Crippen molar-refractivity contribution < 1.29 is 13.9 Å². The van der Waals surface area contributed by atoms with Gasteiger partial charge in [0, 0.05) is 18.2 Å². The second-order valence-electron chi connectivity index (χ2n) is 5.32. The van der Waals surface area contributed by atoms with Crippen LogP contribution in [0.5, 0.6) is 5.75 Å². The molecule has 0 radical (unpaired) electrons. The Morgan fingerprint density at radius 2 is 2.05 bits per heavy atom. The van der Waals surface area contributed by atoms with Crippen LogP contribution in [0.15, 0.2) is 33.6 Å². The van der Waals surface area contributed by atoms with Crippen LogP contribution in [0.25, 0.3) is 5.69 Å². The topological polar surface area (TPSA) is 71.1 Å². The minimum absolute atomic E-state index is 0.337. The first kappa shape index (κ1) is 13.9. The highest BCUT2D eigenvalue weighted by Crippen LogP contribution is 2.17. The molecule has 0 aliphatic heterocycles. The summed E-state index contributed by atoms with van der Waals surface area (Å²) in [5, 5.41) is 6.08. The van der Waals surface area contributed by atoms with Gasteiger partial charge in [-0.1, -0.05) is 12.8 Å². The number of ether oxygens (including phenoxy) is 1. The summed E-state index contributed by atoms with van der Waals surface area (Å²) in [7, 11) is 1.62. The number of H-pyrrole nitrogens is 1. The van der Waals surface area contributed by atoms with Gasteiger partial charge in [0.2, 0.25) is 5.69 Å². The number of aromatic nitrogens is 2. The highest BCUT2D eigenvalue weighted by atomic mass is 16.5. The van der Waals surface area contributed by atoms with Crippen LogP contribution in [-0.2, 0) is 6.54 Å². The van der Waals surface area contributed by atoms with E-state index < -0.39 is 0 Å². The number of hydrogen-bond donors (Lipinski definition) is 2. The van der Waals surface area contributed by atoms with Gasteiger partial charge in [-0.25, -0.2) is 4.79 Å². The molecule has 6 nitrogen and oxygen atoms in total. The fourth-order valence-corrected chi connectivity index (χ4v) is 2.75. The molecule has 1 aromatic carbocycles. The Labute approximate surface area is 122 Å². The smallest absolute Gasteiger partial charge is 0.431 e. The van der Waals surface area contributed by atoms with Gasteiger partial charge in [-0.05, 0) is 34.9 Å². The first-order valence-corrected chi connectivity index (χ1v) is 7.28. The van der Waals surface area contributed by atoms with Crippen LogP contribution in [0, 0.1) is 0 Å². The van der Waals surface area contributed by atoms with Gasteiger partial charge in [-0.3, -0.25) is 4.52 Å². The summed E-state index contributed by atoms with van der Waals surface area (Å²) in [6.07, 6.45) is 4.88. The van der Waals surface area contributed by atoms with Crippen molar-refractivity contribution in [3.05, 3.63) is 40.4 Å². The Morgan fingerprint density at radius 1 is 1.33 bits per heavy atom. The van der Waals surface area contributed by atoms with Crippen molar-refractivity contribution in [3.63, 3.8) is 0 Å². The first-order valence-electron chi connectivity index (χ1n) is 7.28. The third-order valence-electron chi connectivity index (χ3n) is 3.98. The van der Waals surface area contributed by atoms with Gasteiger partial charge in [0.05, 0.1) is 13.7 Å². The molecule has 21 heavy (non-hydrogen) atoms. The van der Waals surface area contributed by atoms with Crippen molar-refractivity contribution in [2.24, 2.45) is 0 Å². The van der Waals surface area contributed by atoms with E-state index in [1.54, 1.807) is 11.8 Å². The SMILES string of the molecule is COc1ccc(-[n+]2[nH]oc(=O)c2CNC2CCCC2)cc1. The van der Waals surface area contributed by atoms with Crippen LogP contribution in [-0.4, -0.2) is 18.4 Å². The summed E-state index contributed by atoms with van der Waals surface area (Å²) < 4.78 is 11.7. The molecule has 3 rings (SSSR count). The molecule has 2 N–H and O–H groups in total. The van der Waals surface area contributed by atoms with Crippen LogP contribution >= 0.6 is 0 Å². The number of aromatic amines is 1. The van der Waals surface area contributed by atoms with Crippen LogP contribution in [0.2, 0.25) is 0 Å². The Hall–Kier alpha value is -2.08. The van der Waals surface area contributed by atoms with E-state index in [0.717, 1.165) is 11.4 Å². The van der Waals surface area contributed by atoms with Crippen molar-refractivity contribution in [2.75, 3.05) is 7.11 Å². The average Bonchev–Trinajstić information content (AvgIpc) is 3.15. The van der Waals surface area contributed by atoms with Crippen molar-refractivity contribution in [3.8, 4) is 11.4 Å². The van der Waals surface area contributed by atoms with Crippen molar-refractivity contribution in [2.45, 2.75) is 38.3 Å². The second-order valence-corrected chi connectivity index (χ2v) is 5.32. The lowest BCUT2D eigenvalue weighted by Gasteiger charge is -2.08. The number of methoxy groups -OCH3 is 1. The minimum atomic E-state index is -0.337.